The molecule has 0 bridgehead atoms. The molecule has 0 saturated heterocycles. The third-order valence-corrected chi connectivity index (χ3v) is 2.47. The molecule has 0 amide bonds. The number of nitro benzene ring substituents is 1. The summed E-state index contributed by atoms with van der Waals surface area (Å²) in [7, 11) is 1.78. The Hall–Kier alpha value is -2.43. The fourth-order valence-corrected chi connectivity index (χ4v) is 1.61. The van der Waals surface area contributed by atoms with Gasteiger partial charge < -0.3 is 0 Å². The van der Waals surface area contributed by atoms with E-state index in [2.05, 4.69) is 0 Å². The zero-order valence-corrected chi connectivity index (χ0v) is 9.35. The Balaban J connectivity index is 2.44. The van der Waals surface area contributed by atoms with Crippen molar-refractivity contribution in [2.75, 3.05) is 12.1 Å². The molecule has 0 N–H and O–H groups in total. The van der Waals surface area contributed by atoms with Gasteiger partial charge in [-0.3, -0.25) is 10.1 Å². The minimum absolute atomic E-state index is 0.0892. The van der Waals surface area contributed by atoms with Gasteiger partial charge in [-0.2, -0.15) is 0 Å². The molecule has 0 atom stereocenters. The van der Waals surface area contributed by atoms with E-state index >= 15 is 0 Å². The van der Waals surface area contributed by atoms with Crippen molar-refractivity contribution in [1.29, 1.82) is 0 Å². The van der Waals surface area contributed by atoms with E-state index in [4.69, 9.17) is 0 Å². The van der Waals surface area contributed by atoms with Crippen molar-refractivity contribution < 1.29 is 9.60 Å². The highest BCUT2D eigenvalue weighted by Gasteiger charge is 2.20. The number of benzene rings is 1. The Morgan fingerprint density at radius 1 is 1.12 bits per heavy atom. The number of aromatic nitrogens is 1. The van der Waals surface area contributed by atoms with Crippen LogP contribution in [0.15, 0.2) is 54.9 Å². The van der Waals surface area contributed by atoms with Gasteiger partial charge >= 0.3 is 0 Å². The lowest BCUT2D eigenvalue weighted by molar-refractivity contribution is -0.681. The molecule has 5 nitrogen and oxygen atoms in total. The maximum absolute atomic E-state index is 10.9. The monoisotopic (exact) mass is 230 g/mol. The third-order valence-electron chi connectivity index (χ3n) is 2.47. The summed E-state index contributed by atoms with van der Waals surface area (Å²) < 4.78 is 1.78. The highest BCUT2D eigenvalue weighted by molar-refractivity contribution is 5.60. The predicted octanol–water partition coefficient (Wildman–Crippen LogP) is 1.78. The maximum Gasteiger partial charge on any atom is 0.298 e. The van der Waals surface area contributed by atoms with Gasteiger partial charge in [-0.1, -0.05) is 22.9 Å². The number of hydrogen-bond donors (Lipinski definition) is 0. The van der Waals surface area contributed by atoms with Crippen LogP contribution in [-0.4, -0.2) is 12.0 Å². The van der Waals surface area contributed by atoms with Crippen molar-refractivity contribution in [3.63, 3.8) is 0 Å². The largest absolute Gasteiger partial charge is 0.298 e. The molecule has 0 spiro atoms. The fourth-order valence-electron chi connectivity index (χ4n) is 1.61. The van der Waals surface area contributed by atoms with E-state index in [1.807, 2.05) is 30.6 Å². The van der Waals surface area contributed by atoms with Gasteiger partial charge in [-0.05, 0) is 6.07 Å². The van der Waals surface area contributed by atoms with Crippen molar-refractivity contribution in [3.8, 4) is 0 Å². The van der Waals surface area contributed by atoms with Gasteiger partial charge in [0.1, 0.15) is 0 Å². The maximum atomic E-state index is 10.9. The van der Waals surface area contributed by atoms with Crippen molar-refractivity contribution in [1.82, 2.24) is 0 Å². The molecular formula is C12H12N3O2+. The first-order valence-electron chi connectivity index (χ1n) is 5.14. The van der Waals surface area contributed by atoms with Gasteiger partial charge in [0.25, 0.3) is 5.69 Å². The molecule has 2 aromatic rings. The Kier molecular flexibility index (Phi) is 3.00. The quantitative estimate of drug-likeness (QED) is 0.459. The Morgan fingerprint density at radius 3 is 2.41 bits per heavy atom. The average molecular weight is 230 g/mol. The summed E-state index contributed by atoms with van der Waals surface area (Å²) in [5.41, 5.74) is 0.639. The summed E-state index contributed by atoms with van der Waals surface area (Å²) >= 11 is 0. The van der Waals surface area contributed by atoms with Crippen molar-refractivity contribution >= 4 is 11.4 Å². The van der Waals surface area contributed by atoms with Gasteiger partial charge in [-0.15, -0.1) is 5.01 Å². The molecular weight excluding hydrogens is 218 g/mol. The third kappa shape index (κ3) is 2.23. The van der Waals surface area contributed by atoms with Crippen LogP contribution < -0.4 is 9.69 Å². The molecule has 0 aliphatic heterocycles. The highest BCUT2D eigenvalue weighted by Crippen LogP contribution is 2.24. The number of hydrogen-bond acceptors (Lipinski definition) is 3. The van der Waals surface area contributed by atoms with Crippen molar-refractivity contribution in [2.24, 2.45) is 0 Å². The smallest absolute Gasteiger partial charge is 0.258 e. The lowest BCUT2D eigenvalue weighted by Crippen LogP contribution is -2.51. The van der Waals surface area contributed by atoms with Crippen LogP contribution in [0.1, 0.15) is 0 Å². The first-order valence-corrected chi connectivity index (χ1v) is 5.14. The normalized spacial score (nSPS) is 9.94. The standard InChI is InChI=1S/C12H12N3O2/c1-13(14-9-5-2-6-10-14)11-7-3-4-8-12(11)15(16)17/h2-10H,1H3/q+1. The van der Waals surface area contributed by atoms with E-state index < -0.39 is 0 Å². The molecule has 0 saturated carbocycles. The molecule has 17 heavy (non-hydrogen) atoms. The van der Waals surface area contributed by atoms with E-state index in [-0.39, 0.29) is 10.6 Å². The highest BCUT2D eigenvalue weighted by atomic mass is 16.6. The number of nitro groups is 1. The van der Waals surface area contributed by atoms with E-state index in [1.165, 1.54) is 6.07 Å². The molecule has 0 unspecified atom stereocenters. The van der Waals surface area contributed by atoms with Gasteiger partial charge in [0.05, 0.1) is 12.0 Å². The minimum Gasteiger partial charge on any atom is -0.258 e. The molecule has 86 valence electrons. The Morgan fingerprint density at radius 2 is 1.76 bits per heavy atom. The Labute approximate surface area is 98.7 Å². The number of rotatable bonds is 3. The second kappa shape index (κ2) is 4.61. The molecule has 5 heteroatoms. The van der Waals surface area contributed by atoms with Gasteiger partial charge in [0.15, 0.2) is 18.1 Å². The second-order valence-electron chi connectivity index (χ2n) is 3.52. The van der Waals surface area contributed by atoms with Crippen LogP contribution in [0.25, 0.3) is 0 Å². The summed E-state index contributed by atoms with van der Waals surface area (Å²) in [4.78, 5) is 10.5. The summed E-state index contributed by atoms with van der Waals surface area (Å²) in [5.74, 6) is 0. The van der Waals surface area contributed by atoms with Crippen LogP contribution >= 0.6 is 0 Å². The molecule has 0 aliphatic rings. The minimum atomic E-state index is -0.380. The number of para-hydroxylation sites is 2. The topological polar surface area (TPSA) is 50.3 Å². The van der Waals surface area contributed by atoms with Crippen LogP contribution in [0, 0.1) is 10.1 Å². The summed E-state index contributed by atoms with van der Waals surface area (Å²) in [6.07, 6.45) is 3.66. The zero-order chi connectivity index (χ0) is 12.3. The van der Waals surface area contributed by atoms with Crippen LogP contribution in [0.2, 0.25) is 0 Å². The van der Waals surface area contributed by atoms with Crippen molar-refractivity contribution in [2.45, 2.75) is 0 Å². The van der Waals surface area contributed by atoms with Gasteiger partial charge in [-0.25, -0.2) is 0 Å². The molecule has 0 fully saturated rings. The Bertz CT molecular complexity index is 528. The molecule has 0 radical (unpaired) electrons. The molecule has 1 aromatic carbocycles. The molecule has 0 aliphatic carbocycles. The van der Waals surface area contributed by atoms with Crippen LogP contribution in [0.3, 0.4) is 0 Å². The van der Waals surface area contributed by atoms with Gasteiger partial charge in [0.2, 0.25) is 0 Å². The molecule has 1 aromatic heterocycles. The summed E-state index contributed by atoms with van der Waals surface area (Å²) in [6, 6.07) is 12.3. The second-order valence-corrected chi connectivity index (χ2v) is 3.52. The van der Waals surface area contributed by atoms with Crippen LogP contribution in [-0.2, 0) is 0 Å². The zero-order valence-electron chi connectivity index (χ0n) is 9.35. The van der Waals surface area contributed by atoms with Crippen molar-refractivity contribution in [3.05, 3.63) is 65.0 Å². The predicted molar refractivity (Wildman–Crippen MR) is 63.5 cm³/mol. The van der Waals surface area contributed by atoms with Crippen LogP contribution in [0.4, 0.5) is 11.4 Å². The van der Waals surface area contributed by atoms with Gasteiger partial charge in [0, 0.05) is 18.2 Å². The summed E-state index contributed by atoms with van der Waals surface area (Å²) in [6.45, 7) is 0. The number of anilines is 1. The number of nitrogens with zero attached hydrogens (tertiary/aromatic N) is 3. The summed E-state index contributed by atoms with van der Waals surface area (Å²) in [5, 5.41) is 12.6. The molecule has 2 rings (SSSR count). The first kappa shape index (κ1) is 11.1. The molecule has 1 heterocycles. The van der Waals surface area contributed by atoms with E-state index in [1.54, 1.807) is 34.9 Å². The average Bonchev–Trinajstić information content (AvgIpc) is 2.39. The van der Waals surface area contributed by atoms with Crippen LogP contribution in [0.5, 0.6) is 0 Å². The first-order chi connectivity index (χ1) is 8.20. The number of pyridine rings is 1. The lowest BCUT2D eigenvalue weighted by Gasteiger charge is -2.11. The SMILES string of the molecule is CN(c1ccccc1[N+](=O)[O-])[n+]1ccccc1. The van der Waals surface area contributed by atoms with E-state index in [9.17, 15) is 10.1 Å². The van der Waals surface area contributed by atoms with E-state index in [0.717, 1.165) is 0 Å². The lowest BCUT2D eigenvalue weighted by atomic mass is 10.2. The fraction of sp³-hybridized carbons (Fsp3) is 0.0833. The van der Waals surface area contributed by atoms with E-state index in [0.29, 0.717) is 5.69 Å².